The topological polar surface area (TPSA) is 139 Å². The maximum atomic E-state index is 12.8. The van der Waals surface area contributed by atoms with Crippen LogP contribution in [-0.2, 0) is 30.4 Å². The van der Waals surface area contributed by atoms with E-state index < -0.39 is 40.3 Å². The third kappa shape index (κ3) is 13.0. The van der Waals surface area contributed by atoms with Gasteiger partial charge in [0.15, 0.2) is 5.78 Å². The number of benzene rings is 1. The lowest BCUT2D eigenvalue weighted by Crippen LogP contribution is -2.28. The molecule has 0 aliphatic heterocycles. The molecule has 0 atom stereocenters. The fourth-order valence-electron chi connectivity index (χ4n) is 3.14. The van der Waals surface area contributed by atoms with Crippen molar-refractivity contribution >= 4 is 23.7 Å². The average Bonchev–Trinajstić information content (AvgIpc) is 2.89. The van der Waals surface area contributed by atoms with E-state index in [1.54, 1.807) is 86.5 Å². The number of hydrogen-bond acceptors (Lipinski definition) is 11. The van der Waals surface area contributed by atoms with Crippen molar-refractivity contribution in [1.82, 2.24) is 4.90 Å². The Balaban J connectivity index is 0.000000496. The summed E-state index contributed by atoms with van der Waals surface area (Å²) in [6.45, 7) is 13.8. The minimum Gasteiger partial charge on any atom is -0.481 e. The smallest absolute Gasteiger partial charge is 0.378 e. The first-order chi connectivity index (χ1) is 19.9. The first-order valence-electron chi connectivity index (χ1n) is 13.8. The van der Waals surface area contributed by atoms with Crippen molar-refractivity contribution in [3.63, 3.8) is 0 Å². The van der Waals surface area contributed by atoms with Crippen LogP contribution in [0.2, 0.25) is 0 Å². The molecule has 0 radical (unpaired) electrons. The van der Waals surface area contributed by atoms with Gasteiger partial charge in [0, 0.05) is 26.7 Å². The van der Waals surface area contributed by atoms with Crippen molar-refractivity contribution in [2.75, 3.05) is 20.7 Å². The molecule has 0 aliphatic rings. The quantitative estimate of drug-likeness (QED) is 0.118. The van der Waals surface area contributed by atoms with Crippen molar-refractivity contribution in [3.8, 4) is 5.75 Å². The van der Waals surface area contributed by atoms with Gasteiger partial charge in [-0.3, -0.25) is 9.59 Å². The van der Waals surface area contributed by atoms with Gasteiger partial charge >= 0.3 is 17.9 Å². The van der Waals surface area contributed by atoms with Crippen LogP contribution >= 0.6 is 0 Å². The zero-order valence-electron chi connectivity index (χ0n) is 26.7. The third-order valence-electron chi connectivity index (χ3n) is 4.88. The van der Waals surface area contributed by atoms with Gasteiger partial charge in [0.25, 0.3) is 5.76 Å². The number of carbonyl (C=O) groups is 4. The summed E-state index contributed by atoms with van der Waals surface area (Å²) in [5, 5.41) is 0. The summed E-state index contributed by atoms with van der Waals surface area (Å²) < 4.78 is 26.0. The van der Waals surface area contributed by atoms with Gasteiger partial charge in [0.1, 0.15) is 35.2 Å². The standard InChI is InChI=1S/C20H22O7.C12H21NO3/c1-5-24-19(23)17-16(25-11-13-9-7-6-8-10-13)15(21)14(12-26-17)18(22)27-20(2,3)4;1-7-10(14)9(8-13(5)6)11(15)16-12(2,3)4/h6-10,12H,5,11H2,1-4H3;8H,7H2,1-6H3/b;9-8+. The second-order valence-electron chi connectivity index (χ2n) is 11.4. The molecular formula is C32H43NO10. The summed E-state index contributed by atoms with van der Waals surface area (Å²) in [4.78, 5) is 62.1. The van der Waals surface area contributed by atoms with Crippen LogP contribution in [0.1, 0.15) is 88.3 Å². The van der Waals surface area contributed by atoms with Gasteiger partial charge < -0.3 is 28.3 Å². The van der Waals surface area contributed by atoms with Crippen LogP contribution < -0.4 is 10.2 Å². The molecule has 236 valence electrons. The van der Waals surface area contributed by atoms with E-state index in [2.05, 4.69) is 0 Å². The molecule has 43 heavy (non-hydrogen) atoms. The molecule has 0 amide bonds. The van der Waals surface area contributed by atoms with Crippen LogP contribution in [0, 0.1) is 0 Å². The summed E-state index contributed by atoms with van der Waals surface area (Å²) in [5.74, 6) is -3.27. The van der Waals surface area contributed by atoms with Crippen molar-refractivity contribution in [2.24, 2.45) is 0 Å². The van der Waals surface area contributed by atoms with Gasteiger partial charge in [-0.2, -0.15) is 0 Å². The lowest BCUT2D eigenvalue weighted by Gasteiger charge is -2.20. The number of Topliss-reactive ketones (excluding diaryl/α,β-unsaturated/α-hetero) is 1. The summed E-state index contributed by atoms with van der Waals surface area (Å²) in [6, 6.07) is 9.05. The van der Waals surface area contributed by atoms with E-state index in [9.17, 15) is 24.0 Å². The van der Waals surface area contributed by atoms with E-state index in [0.29, 0.717) is 6.42 Å². The second-order valence-corrected chi connectivity index (χ2v) is 11.4. The normalized spacial score (nSPS) is 11.4. The molecule has 0 unspecified atom stereocenters. The highest BCUT2D eigenvalue weighted by Gasteiger charge is 2.28. The van der Waals surface area contributed by atoms with Crippen molar-refractivity contribution < 1.29 is 42.5 Å². The minimum atomic E-state index is -0.865. The molecule has 0 saturated heterocycles. The number of hydrogen-bond donors (Lipinski definition) is 0. The Morgan fingerprint density at radius 2 is 1.47 bits per heavy atom. The largest absolute Gasteiger partial charge is 0.481 e. The summed E-state index contributed by atoms with van der Waals surface area (Å²) in [5.41, 5.74) is -1.67. The van der Waals surface area contributed by atoms with Crippen molar-refractivity contribution in [1.29, 1.82) is 0 Å². The zero-order valence-corrected chi connectivity index (χ0v) is 26.7. The molecule has 11 nitrogen and oxygen atoms in total. The number of rotatable bonds is 10. The van der Waals surface area contributed by atoms with Gasteiger partial charge in [0.05, 0.1) is 6.61 Å². The number of ketones is 1. The molecule has 2 aromatic rings. The van der Waals surface area contributed by atoms with Crippen LogP contribution in [0.15, 0.2) is 57.6 Å². The van der Waals surface area contributed by atoms with E-state index >= 15 is 0 Å². The first-order valence-corrected chi connectivity index (χ1v) is 13.8. The van der Waals surface area contributed by atoms with Gasteiger partial charge in [-0.1, -0.05) is 37.3 Å². The van der Waals surface area contributed by atoms with E-state index in [4.69, 9.17) is 23.4 Å². The lowest BCUT2D eigenvalue weighted by molar-refractivity contribution is -0.150. The van der Waals surface area contributed by atoms with E-state index in [1.165, 1.54) is 6.20 Å². The molecular weight excluding hydrogens is 558 g/mol. The summed E-state index contributed by atoms with van der Waals surface area (Å²) in [7, 11) is 3.51. The Morgan fingerprint density at radius 1 is 0.884 bits per heavy atom. The number of carbonyl (C=O) groups excluding carboxylic acids is 4. The van der Waals surface area contributed by atoms with Crippen molar-refractivity contribution in [2.45, 2.75) is 79.6 Å². The molecule has 0 saturated carbocycles. The van der Waals surface area contributed by atoms with Crippen LogP contribution in [0.25, 0.3) is 0 Å². The monoisotopic (exact) mass is 601 g/mol. The highest BCUT2D eigenvalue weighted by Crippen LogP contribution is 2.20. The van der Waals surface area contributed by atoms with E-state index in [-0.39, 0.29) is 35.9 Å². The zero-order chi connectivity index (χ0) is 33.0. The Hall–Kier alpha value is -4.41. The molecule has 1 heterocycles. The molecule has 2 rings (SSSR count). The highest BCUT2D eigenvalue weighted by molar-refractivity contribution is 6.17. The molecule has 1 aromatic heterocycles. The maximum Gasteiger partial charge on any atom is 0.378 e. The first kappa shape index (κ1) is 36.6. The van der Waals surface area contributed by atoms with E-state index in [0.717, 1.165) is 11.8 Å². The predicted octanol–water partition coefficient (Wildman–Crippen LogP) is 5.10. The van der Waals surface area contributed by atoms with Gasteiger partial charge in [0.2, 0.25) is 11.2 Å². The highest BCUT2D eigenvalue weighted by atomic mass is 16.6. The van der Waals surface area contributed by atoms with Crippen LogP contribution in [0.3, 0.4) is 0 Å². The van der Waals surface area contributed by atoms with Crippen LogP contribution in [-0.4, -0.2) is 60.5 Å². The predicted molar refractivity (Wildman–Crippen MR) is 160 cm³/mol. The van der Waals surface area contributed by atoms with Gasteiger partial charge in [-0.15, -0.1) is 0 Å². The Labute approximate surface area is 252 Å². The maximum absolute atomic E-state index is 12.8. The van der Waals surface area contributed by atoms with E-state index in [1.807, 2.05) is 18.2 Å². The number of ether oxygens (including phenoxy) is 4. The minimum absolute atomic E-state index is 0.00970. The molecule has 0 spiro atoms. The molecule has 1 aromatic carbocycles. The fourth-order valence-corrected chi connectivity index (χ4v) is 3.14. The fraction of sp³-hybridized carbons (Fsp3) is 0.469. The number of nitrogens with zero attached hydrogens (tertiary/aromatic N) is 1. The molecule has 0 N–H and O–H groups in total. The molecule has 11 heteroatoms. The Kier molecular flexibility index (Phi) is 13.9. The Bertz CT molecular complexity index is 1340. The van der Waals surface area contributed by atoms with Gasteiger partial charge in [-0.05, 0) is 54.0 Å². The molecule has 0 bridgehead atoms. The third-order valence-corrected chi connectivity index (χ3v) is 4.88. The van der Waals surface area contributed by atoms with Crippen molar-refractivity contribution in [3.05, 3.63) is 75.5 Å². The summed E-state index contributed by atoms with van der Waals surface area (Å²) in [6.07, 6.45) is 2.68. The number of esters is 3. The summed E-state index contributed by atoms with van der Waals surface area (Å²) >= 11 is 0. The average molecular weight is 602 g/mol. The SMILES string of the molecule is CCC(=O)/C(=C\N(C)C)C(=O)OC(C)(C)C.CCOC(=O)c1occ(C(=O)OC(C)(C)C)c(=O)c1OCc1ccccc1. The van der Waals surface area contributed by atoms with Gasteiger partial charge in [-0.25, -0.2) is 14.4 Å². The second kappa shape index (κ2) is 16.3. The molecule has 0 fully saturated rings. The lowest BCUT2D eigenvalue weighted by atomic mass is 10.1. The molecule has 0 aliphatic carbocycles. The van der Waals surface area contributed by atoms with Crippen LogP contribution in [0.5, 0.6) is 5.75 Å². The van der Waals surface area contributed by atoms with Crippen LogP contribution in [0.4, 0.5) is 0 Å². The Morgan fingerprint density at radius 3 is 1.95 bits per heavy atom.